The van der Waals surface area contributed by atoms with Crippen molar-refractivity contribution in [3.63, 3.8) is 0 Å². The van der Waals surface area contributed by atoms with Crippen LogP contribution in [-0.2, 0) is 24.0 Å². The molecule has 1 unspecified atom stereocenters. The molecule has 9 nitrogen and oxygen atoms in total. The third-order valence-electron chi connectivity index (χ3n) is 1.65. The maximum Gasteiger partial charge on any atom is 1.00 e. The third kappa shape index (κ3) is 24.0. The van der Waals surface area contributed by atoms with Crippen LogP contribution < -0.4 is 134 Å². The van der Waals surface area contributed by atoms with Crippen molar-refractivity contribution in [3.8, 4) is 0 Å². The summed E-state index contributed by atoms with van der Waals surface area (Å²) in [6, 6.07) is -1.39. The number of carbonyl (C=O) groups excluding carboxylic acids is 5. The number of aliphatic carboxylic acids is 3. The molecule has 0 bridgehead atoms. The van der Waals surface area contributed by atoms with E-state index in [9.17, 15) is 29.7 Å². The minimum absolute atomic E-state index is 0. The van der Waals surface area contributed by atoms with Crippen LogP contribution in [0.5, 0.6) is 0 Å². The summed E-state index contributed by atoms with van der Waals surface area (Å²) < 4.78 is 0. The van der Waals surface area contributed by atoms with Crippen LogP contribution in [0.15, 0.2) is 0 Å². The zero-order valence-electron chi connectivity index (χ0n) is 13.1. The molecule has 0 aliphatic carbocycles. The molecule has 0 heterocycles. The summed E-state index contributed by atoms with van der Waals surface area (Å²) in [5.41, 5.74) is 0. The first-order valence-electron chi connectivity index (χ1n) is 4.43. The van der Waals surface area contributed by atoms with Gasteiger partial charge in [0.2, 0.25) is 0 Å². The van der Waals surface area contributed by atoms with Crippen molar-refractivity contribution in [2.75, 3.05) is 13.1 Å². The largest absolute Gasteiger partial charge is 1.00 e. The van der Waals surface area contributed by atoms with Crippen molar-refractivity contribution in [1.82, 2.24) is 4.90 Å². The molecule has 0 aromatic rings. The predicted octanol–water partition coefficient (Wildman–Crippen LogP) is -17.4. The SMILES string of the molecule is O=C=O.[CH2-]CC(C(=O)[O-])N(CC(=O)[O-])CC(=O)[O-].[Na+].[Na+].[Na+].[Na+]. The molecule has 0 amide bonds. The first-order valence-corrected chi connectivity index (χ1v) is 4.43. The quantitative estimate of drug-likeness (QED) is 0.321. The van der Waals surface area contributed by atoms with E-state index in [1.807, 2.05) is 0 Å². The van der Waals surface area contributed by atoms with Crippen LogP contribution in [0.25, 0.3) is 0 Å². The fourth-order valence-corrected chi connectivity index (χ4v) is 1.06. The summed E-state index contributed by atoms with van der Waals surface area (Å²) in [5, 5.41) is 31.0. The first-order chi connectivity index (χ1) is 8.29. The number of rotatable bonds is 7. The van der Waals surface area contributed by atoms with E-state index in [0.717, 1.165) is 0 Å². The van der Waals surface area contributed by atoms with Crippen LogP contribution in [-0.4, -0.2) is 48.1 Å². The van der Waals surface area contributed by atoms with Gasteiger partial charge in [-0.2, -0.15) is 16.0 Å². The van der Waals surface area contributed by atoms with Crippen LogP contribution in [0.2, 0.25) is 0 Å². The summed E-state index contributed by atoms with van der Waals surface area (Å²) >= 11 is 0. The van der Waals surface area contributed by atoms with Crippen molar-refractivity contribution in [2.45, 2.75) is 12.5 Å². The fraction of sp³-hybridized carbons (Fsp3) is 0.444. The molecular weight excluding hydrogens is 342 g/mol. The molecule has 0 radical (unpaired) electrons. The molecule has 0 aromatic carbocycles. The van der Waals surface area contributed by atoms with Gasteiger partial charge in [-0.15, -0.1) is 0 Å². The first kappa shape index (κ1) is 39.0. The van der Waals surface area contributed by atoms with E-state index in [2.05, 4.69) is 6.92 Å². The van der Waals surface area contributed by atoms with Gasteiger partial charge in [-0.1, -0.05) is 0 Å². The summed E-state index contributed by atoms with van der Waals surface area (Å²) in [7, 11) is 0. The molecule has 0 saturated carbocycles. The van der Waals surface area contributed by atoms with Crippen molar-refractivity contribution in [1.29, 1.82) is 0 Å². The summed E-state index contributed by atoms with van der Waals surface area (Å²) in [6.07, 6.45) is 0.0306. The average molecular weight is 351 g/mol. The van der Waals surface area contributed by atoms with Gasteiger partial charge in [-0.25, -0.2) is 0 Å². The Balaban J connectivity index is -0.0000000842. The number of carboxylic acids is 3. The molecule has 22 heavy (non-hydrogen) atoms. The fourth-order valence-electron chi connectivity index (χ4n) is 1.06. The maximum atomic E-state index is 10.5. The molecular formula is C9H9NNa4O8. The van der Waals surface area contributed by atoms with E-state index < -0.39 is 37.0 Å². The second kappa shape index (κ2) is 25.0. The molecule has 0 aliphatic heterocycles. The maximum absolute atomic E-state index is 10.5. The van der Waals surface area contributed by atoms with Gasteiger partial charge in [0.15, 0.2) is 0 Å². The van der Waals surface area contributed by atoms with Crippen LogP contribution in [0.3, 0.4) is 0 Å². The molecule has 0 aromatic heterocycles. The van der Waals surface area contributed by atoms with E-state index in [1.165, 1.54) is 0 Å². The topological polar surface area (TPSA) is 158 Å². The molecule has 13 heteroatoms. The summed E-state index contributed by atoms with van der Waals surface area (Å²) in [4.78, 5) is 47.9. The second-order valence-corrected chi connectivity index (χ2v) is 2.86. The van der Waals surface area contributed by atoms with Gasteiger partial charge in [0.05, 0.1) is 17.9 Å². The number of hydrogen-bond acceptors (Lipinski definition) is 9. The van der Waals surface area contributed by atoms with Crippen molar-refractivity contribution < 1.29 is 158 Å². The van der Waals surface area contributed by atoms with Gasteiger partial charge in [-0.05, 0) is 0 Å². The zero-order chi connectivity index (χ0) is 14.7. The standard InChI is InChI=1S/C8H12NO6.CO2.4Na/c1-2-5(8(14)15)9(3-6(10)11)4-7(12)13;2-1-3;;;;/h5H,1-4H2,(H,10,11)(H,12,13)(H,14,15);;;;;/q-1;;4*+1/p-3. The Labute approximate surface area is 215 Å². The molecule has 0 saturated heterocycles. The zero-order valence-corrected chi connectivity index (χ0v) is 21.1. The Morgan fingerprint density at radius 2 is 1.18 bits per heavy atom. The predicted molar refractivity (Wildman–Crippen MR) is 45.4 cm³/mol. The molecule has 0 spiro atoms. The third-order valence-corrected chi connectivity index (χ3v) is 1.65. The van der Waals surface area contributed by atoms with Gasteiger partial charge in [0.25, 0.3) is 0 Å². The molecule has 0 aliphatic rings. The number of hydrogen-bond donors (Lipinski definition) is 0. The van der Waals surface area contributed by atoms with Crippen molar-refractivity contribution in [3.05, 3.63) is 6.92 Å². The summed E-state index contributed by atoms with van der Waals surface area (Å²) in [5.74, 6) is -4.76. The molecule has 0 N–H and O–H groups in total. The smallest absolute Gasteiger partial charge is 0.549 e. The number of nitrogens with zero attached hydrogens (tertiary/aromatic N) is 1. The monoisotopic (exact) mass is 351 g/mol. The van der Waals surface area contributed by atoms with Crippen LogP contribution in [0, 0.1) is 6.92 Å². The second-order valence-electron chi connectivity index (χ2n) is 2.86. The van der Waals surface area contributed by atoms with E-state index in [0.29, 0.717) is 4.90 Å². The van der Waals surface area contributed by atoms with Crippen molar-refractivity contribution in [2.24, 2.45) is 0 Å². The molecule has 0 fully saturated rings. The van der Waals surface area contributed by atoms with Gasteiger partial charge >= 0.3 is 124 Å². The molecule has 0 rings (SSSR count). The average Bonchev–Trinajstić information content (AvgIpc) is 2.16. The van der Waals surface area contributed by atoms with E-state index >= 15 is 0 Å². The Bertz CT molecular complexity index is 333. The Hall–Kier alpha value is 1.75. The van der Waals surface area contributed by atoms with Crippen LogP contribution >= 0.6 is 0 Å². The van der Waals surface area contributed by atoms with E-state index in [-0.39, 0.29) is 131 Å². The summed E-state index contributed by atoms with van der Waals surface area (Å²) in [6.45, 7) is 1.59. The number of carboxylic acid groups (broad SMARTS) is 3. The van der Waals surface area contributed by atoms with E-state index in [1.54, 1.807) is 0 Å². The van der Waals surface area contributed by atoms with Gasteiger partial charge in [-0.3, -0.25) is 4.90 Å². The van der Waals surface area contributed by atoms with Crippen LogP contribution in [0.4, 0.5) is 0 Å². The van der Waals surface area contributed by atoms with Gasteiger partial charge < -0.3 is 36.6 Å². The van der Waals surface area contributed by atoms with Crippen LogP contribution in [0.1, 0.15) is 6.42 Å². The Morgan fingerprint density at radius 3 is 1.32 bits per heavy atom. The Kier molecular flexibility index (Phi) is 44.3. The molecule has 1 atom stereocenters. The van der Waals surface area contributed by atoms with Gasteiger partial charge in [0, 0.05) is 19.1 Å². The van der Waals surface area contributed by atoms with Gasteiger partial charge in [0.1, 0.15) is 0 Å². The number of carbonyl (C=O) groups is 3. The minimum atomic E-state index is -1.59. The molecule has 102 valence electrons. The normalized spacial score (nSPS) is 8.82. The van der Waals surface area contributed by atoms with E-state index in [4.69, 9.17) is 9.59 Å². The van der Waals surface area contributed by atoms with Crippen molar-refractivity contribution >= 4 is 24.1 Å². The Morgan fingerprint density at radius 1 is 0.909 bits per heavy atom. The minimum Gasteiger partial charge on any atom is -0.549 e.